The van der Waals surface area contributed by atoms with Gasteiger partial charge in [0.25, 0.3) is 11.7 Å². The number of aryl methyl sites for hydroxylation is 2. The van der Waals surface area contributed by atoms with E-state index in [9.17, 15) is 14.7 Å². The van der Waals surface area contributed by atoms with Gasteiger partial charge in [-0.3, -0.25) is 9.59 Å². The number of imidazole rings is 1. The number of rotatable bonds is 6. The summed E-state index contributed by atoms with van der Waals surface area (Å²) >= 11 is 0. The Morgan fingerprint density at radius 1 is 1.13 bits per heavy atom. The van der Waals surface area contributed by atoms with E-state index in [4.69, 9.17) is 4.74 Å². The summed E-state index contributed by atoms with van der Waals surface area (Å²) in [6, 6.07) is 12.4. The van der Waals surface area contributed by atoms with E-state index in [1.807, 2.05) is 66.9 Å². The molecule has 0 saturated carbocycles. The number of hydrogen-bond donors (Lipinski definition) is 1. The fraction of sp³-hybridized carbons (Fsp3) is 0.292. The standard InChI is InChI=1S/C24H25N3O4/c1-15-9-7-12-26-16(2)19(25-23(15)26)21(28)18-20(17-10-5-4-6-11-17)27(13-8-14-31-3)24(30)22(18)29/h4-7,9-12,20,28H,8,13-14H2,1-3H3/b21-18+. The van der Waals surface area contributed by atoms with Crippen LogP contribution in [0, 0.1) is 13.8 Å². The van der Waals surface area contributed by atoms with E-state index in [2.05, 4.69) is 4.98 Å². The highest BCUT2D eigenvalue weighted by Crippen LogP contribution is 2.39. The second-order valence-electron chi connectivity index (χ2n) is 7.68. The first-order valence-corrected chi connectivity index (χ1v) is 10.2. The minimum atomic E-state index is -0.697. The number of hydrogen-bond acceptors (Lipinski definition) is 5. The van der Waals surface area contributed by atoms with Crippen LogP contribution in [-0.2, 0) is 14.3 Å². The van der Waals surface area contributed by atoms with Gasteiger partial charge in [0, 0.05) is 26.5 Å². The molecule has 31 heavy (non-hydrogen) atoms. The Hall–Kier alpha value is -3.45. The number of likely N-dealkylation sites (tertiary alicyclic amines) is 1. The normalized spacial score (nSPS) is 18.3. The first-order chi connectivity index (χ1) is 15.0. The highest BCUT2D eigenvalue weighted by molar-refractivity contribution is 6.46. The lowest BCUT2D eigenvalue weighted by molar-refractivity contribution is -0.140. The number of fused-ring (bicyclic) bond motifs is 1. The molecular weight excluding hydrogens is 394 g/mol. The van der Waals surface area contributed by atoms with Crippen LogP contribution >= 0.6 is 0 Å². The summed E-state index contributed by atoms with van der Waals surface area (Å²) < 4.78 is 6.98. The first kappa shape index (κ1) is 20.8. The van der Waals surface area contributed by atoms with Crippen LogP contribution in [0.15, 0.2) is 54.2 Å². The molecule has 3 heterocycles. The molecule has 1 N–H and O–H groups in total. The van der Waals surface area contributed by atoms with Crippen molar-refractivity contribution in [2.75, 3.05) is 20.3 Å². The highest BCUT2D eigenvalue weighted by atomic mass is 16.5. The molecule has 7 heteroatoms. The average molecular weight is 419 g/mol. The third-order valence-corrected chi connectivity index (χ3v) is 5.71. The third kappa shape index (κ3) is 3.51. The molecule has 2 aromatic heterocycles. The number of carbonyl (C=O) groups excluding carboxylic acids is 2. The number of carbonyl (C=O) groups is 2. The molecule has 0 radical (unpaired) electrons. The smallest absolute Gasteiger partial charge is 0.295 e. The Balaban J connectivity index is 1.89. The molecule has 0 bridgehead atoms. The molecule has 1 aliphatic rings. The number of ether oxygens (including phenoxy) is 1. The predicted octanol–water partition coefficient (Wildman–Crippen LogP) is 3.41. The van der Waals surface area contributed by atoms with E-state index in [0.717, 1.165) is 11.1 Å². The van der Waals surface area contributed by atoms with Crippen molar-refractivity contribution in [1.82, 2.24) is 14.3 Å². The van der Waals surface area contributed by atoms with Gasteiger partial charge in [-0.05, 0) is 37.5 Å². The fourth-order valence-corrected chi connectivity index (χ4v) is 4.15. The summed E-state index contributed by atoms with van der Waals surface area (Å²) in [6.45, 7) is 4.58. The summed E-state index contributed by atoms with van der Waals surface area (Å²) in [5.74, 6) is -1.57. The van der Waals surface area contributed by atoms with E-state index in [-0.39, 0.29) is 11.3 Å². The predicted molar refractivity (Wildman–Crippen MR) is 117 cm³/mol. The van der Waals surface area contributed by atoms with Crippen molar-refractivity contribution in [3.05, 3.63) is 76.7 Å². The van der Waals surface area contributed by atoms with Crippen molar-refractivity contribution in [3.63, 3.8) is 0 Å². The van der Waals surface area contributed by atoms with Gasteiger partial charge in [0.15, 0.2) is 5.76 Å². The lowest BCUT2D eigenvalue weighted by atomic mass is 9.96. The second kappa shape index (κ2) is 8.35. The molecule has 3 aromatic rings. The van der Waals surface area contributed by atoms with Crippen molar-refractivity contribution < 1.29 is 19.4 Å². The zero-order valence-electron chi connectivity index (χ0n) is 17.8. The number of aromatic nitrogens is 2. The molecule has 1 fully saturated rings. The molecule has 7 nitrogen and oxygen atoms in total. The number of Topliss-reactive ketones (excluding diaryl/α,β-unsaturated/α-hetero) is 1. The maximum atomic E-state index is 13.1. The molecule has 1 amide bonds. The average Bonchev–Trinajstić information content (AvgIpc) is 3.24. The summed E-state index contributed by atoms with van der Waals surface area (Å²) in [6.07, 6.45) is 2.44. The van der Waals surface area contributed by atoms with E-state index < -0.39 is 17.7 Å². The molecule has 1 aliphatic heterocycles. The Kier molecular flexibility index (Phi) is 5.61. The number of pyridine rings is 1. The maximum absolute atomic E-state index is 13.1. The van der Waals surface area contributed by atoms with Gasteiger partial charge in [-0.25, -0.2) is 4.98 Å². The van der Waals surface area contributed by atoms with Crippen molar-refractivity contribution in [3.8, 4) is 0 Å². The quantitative estimate of drug-likeness (QED) is 0.287. The lowest BCUT2D eigenvalue weighted by Crippen LogP contribution is -2.31. The monoisotopic (exact) mass is 419 g/mol. The van der Waals surface area contributed by atoms with Gasteiger partial charge in [-0.2, -0.15) is 0 Å². The number of benzene rings is 1. The number of amides is 1. The highest BCUT2D eigenvalue weighted by Gasteiger charge is 2.46. The minimum absolute atomic E-state index is 0.0674. The van der Waals surface area contributed by atoms with Crippen LogP contribution in [0.3, 0.4) is 0 Å². The number of aliphatic hydroxyl groups excluding tert-OH is 1. The Labute approximate surface area is 180 Å². The van der Waals surface area contributed by atoms with Crippen LogP contribution < -0.4 is 0 Å². The summed E-state index contributed by atoms with van der Waals surface area (Å²) in [7, 11) is 1.59. The number of ketones is 1. The zero-order chi connectivity index (χ0) is 22.1. The van der Waals surface area contributed by atoms with E-state index in [0.29, 0.717) is 36.6 Å². The number of nitrogens with zero attached hydrogens (tertiary/aromatic N) is 3. The summed E-state index contributed by atoms with van der Waals surface area (Å²) in [4.78, 5) is 32.1. The van der Waals surface area contributed by atoms with Gasteiger partial charge in [-0.15, -0.1) is 0 Å². The maximum Gasteiger partial charge on any atom is 0.295 e. The van der Waals surface area contributed by atoms with Crippen LogP contribution in [0.2, 0.25) is 0 Å². The first-order valence-electron chi connectivity index (χ1n) is 10.2. The van der Waals surface area contributed by atoms with E-state index >= 15 is 0 Å². The molecule has 160 valence electrons. The zero-order valence-corrected chi connectivity index (χ0v) is 17.8. The van der Waals surface area contributed by atoms with Crippen molar-refractivity contribution in [2.24, 2.45) is 0 Å². The molecule has 1 unspecified atom stereocenters. The summed E-state index contributed by atoms with van der Waals surface area (Å²) in [5.41, 5.74) is 3.49. The van der Waals surface area contributed by atoms with Gasteiger partial charge in [0.1, 0.15) is 11.3 Å². The van der Waals surface area contributed by atoms with Gasteiger partial charge in [0.2, 0.25) is 0 Å². The van der Waals surface area contributed by atoms with Crippen LogP contribution in [0.4, 0.5) is 0 Å². The van der Waals surface area contributed by atoms with E-state index in [1.165, 1.54) is 4.90 Å². The van der Waals surface area contributed by atoms with Crippen molar-refractivity contribution >= 4 is 23.1 Å². The van der Waals surface area contributed by atoms with Gasteiger partial charge in [0.05, 0.1) is 17.3 Å². The minimum Gasteiger partial charge on any atom is -0.505 e. The van der Waals surface area contributed by atoms with Crippen LogP contribution in [0.5, 0.6) is 0 Å². The molecular formula is C24H25N3O4. The second-order valence-corrected chi connectivity index (χ2v) is 7.68. The van der Waals surface area contributed by atoms with Gasteiger partial charge < -0.3 is 19.1 Å². The lowest BCUT2D eigenvalue weighted by Gasteiger charge is -2.25. The fourth-order valence-electron chi connectivity index (χ4n) is 4.15. The van der Waals surface area contributed by atoms with Crippen LogP contribution in [0.1, 0.15) is 35.0 Å². The summed E-state index contributed by atoms with van der Waals surface area (Å²) in [5, 5.41) is 11.3. The van der Waals surface area contributed by atoms with Crippen LogP contribution in [0.25, 0.3) is 11.4 Å². The van der Waals surface area contributed by atoms with Crippen molar-refractivity contribution in [1.29, 1.82) is 0 Å². The third-order valence-electron chi connectivity index (χ3n) is 5.71. The number of methoxy groups -OCH3 is 1. The Morgan fingerprint density at radius 3 is 2.55 bits per heavy atom. The van der Waals surface area contributed by atoms with Crippen molar-refractivity contribution in [2.45, 2.75) is 26.3 Å². The largest absolute Gasteiger partial charge is 0.505 e. The Morgan fingerprint density at radius 2 is 1.87 bits per heavy atom. The Bertz CT molecular complexity index is 1180. The van der Waals surface area contributed by atoms with Gasteiger partial charge >= 0.3 is 0 Å². The molecule has 1 atom stereocenters. The molecule has 1 saturated heterocycles. The van der Waals surface area contributed by atoms with Gasteiger partial charge in [-0.1, -0.05) is 36.4 Å². The molecule has 4 rings (SSSR count). The number of aliphatic hydroxyl groups is 1. The molecule has 0 spiro atoms. The SMILES string of the molecule is COCCCN1C(=O)C(=O)/C(=C(/O)c2nc3c(C)cccn3c2C)C1c1ccccc1. The molecule has 1 aromatic carbocycles. The molecule has 0 aliphatic carbocycles. The topological polar surface area (TPSA) is 84.1 Å². The van der Waals surface area contributed by atoms with E-state index in [1.54, 1.807) is 7.11 Å². The van der Waals surface area contributed by atoms with Crippen LogP contribution in [-0.4, -0.2) is 51.3 Å².